The van der Waals surface area contributed by atoms with Crippen molar-refractivity contribution >= 4 is 28.1 Å². The number of aryl methyl sites for hydroxylation is 1. The van der Waals surface area contributed by atoms with Crippen molar-refractivity contribution in [3.05, 3.63) is 40.4 Å². The Morgan fingerprint density at radius 3 is 2.55 bits per heavy atom. The lowest BCUT2D eigenvalue weighted by Crippen LogP contribution is -2.11. The first-order valence-corrected chi connectivity index (χ1v) is 7.47. The van der Waals surface area contributed by atoms with Crippen molar-refractivity contribution in [3.63, 3.8) is 0 Å². The van der Waals surface area contributed by atoms with Gasteiger partial charge in [0, 0.05) is 5.69 Å². The Balaban J connectivity index is 2.10. The van der Waals surface area contributed by atoms with Gasteiger partial charge in [-0.2, -0.15) is 0 Å². The second kappa shape index (κ2) is 6.05. The predicted molar refractivity (Wildman–Crippen MR) is 84.4 cm³/mol. The molecule has 106 valence electrons. The van der Waals surface area contributed by atoms with E-state index in [4.69, 9.17) is 5.73 Å². The smallest absolute Gasteiger partial charge is 0.267 e. The monoisotopic (exact) mass is 289 g/mol. The Morgan fingerprint density at radius 2 is 2.05 bits per heavy atom. The summed E-state index contributed by atoms with van der Waals surface area (Å²) in [6, 6.07) is 7.97. The minimum atomic E-state index is -0.159. The van der Waals surface area contributed by atoms with Gasteiger partial charge in [-0.1, -0.05) is 37.3 Å². The van der Waals surface area contributed by atoms with Crippen LogP contribution in [-0.4, -0.2) is 10.9 Å². The van der Waals surface area contributed by atoms with Gasteiger partial charge in [0.25, 0.3) is 5.91 Å². The van der Waals surface area contributed by atoms with Crippen molar-refractivity contribution < 1.29 is 4.79 Å². The van der Waals surface area contributed by atoms with Gasteiger partial charge in [-0.3, -0.25) is 4.79 Å². The first-order chi connectivity index (χ1) is 9.51. The van der Waals surface area contributed by atoms with Crippen molar-refractivity contribution in [1.82, 2.24) is 4.98 Å². The molecular formula is C15H19N3OS. The number of aromatic nitrogens is 1. The second-order valence-electron chi connectivity index (χ2n) is 4.85. The highest BCUT2D eigenvalue weighted by Crippen LogP contribution is 2.23. The van der Waals surface area contributed by atoms with E-state index in [1.54, 1.807) is 6.92 Å². The van der Waals surface area contributed by atoms with Crippen LogP contribution in [0.15, 0.2) is 24.3 Å². The summed E-state index contributed by atoms with van der Waals surface area (Å²) < 4.78 is 0. The van der Waals surface area contributed by atoms with Gasteiger partial charge >= 0.3 is 0 Å². The molecule has 0 bridgehead atoms. The Kier molecular flexibility index (Phi) is 4.39. The molecule has 1 unspecified atom stereocenters. The maximum Gasteiger partial charge on any atom is 0.267 e. The van der Waals surface area contributed by atoms with Crippen LogP contribution in [0.1, 0.15) is 47.1 Å². The molecule has 5 heteroatoms. The van der Waals surface area contributed by atoms with Gasteiger partial charge in [-0.15, -0.1) is 0 Å². The molecular weight excluding hydrogens is 270 g/mol. The normalized spacial score (nSPS) is 12.2. The summed E-state index contributed by atoms with van der Waals surface area (Å²) in [6.45, 7) is 6.14. The molecule has 2 rings (SSSR count). The zero-order chi connectivity index (χ0) is 14.7. The van der Waals surface area contributed by atoms with Gasteiger partial charge < -0.3 is 11.1 Å². The summed E-state index contributed by atoms with van der Waals surface area (Å²) in [5.74, 6) is 0.372. The largest absolute Gasteiger partial charge is 0.375 e. The standard InChI is InChI=1S/C15H19N3OS/c1-4-9(2)11-5-7-12(8-6-11)18-14(19)13-10(3)17-15(16)20-13/h5-9H,4H2,1-3H3,(H2,16,17)(H,18,19). The van der Waals surface area contributed by atoms with Crippen LogP contribution in [0.5, 0.6) is 0 Å². The number of anilines is 2. The van der Waals surface area contributed by atoms with Crippen molar-refractivity contribution in [3.8, 4) is 0 Å². The highest BCUT2D eigenvalue weighted by molar-refractivity contribution is 7.17. The molecule has 3 N–H and O–H groups in total. The quantitative estimate of drug-likeness (QED) is 0.899. The highest BCUT2D eigenvalue weighted by atomic mass is 32.1. The van der Waals surface area contributed by atoms with Crippen LogP contribution in [0, 0.1) is 6.92 Å². The lowest BCUT2D eigenvalue weighted by Gasteiger charge is -2.10. The summed E-state index contributed by atoms with van der Waals surface area (Å²) in [5, 5.41) is 3.29. The summed E-state index contributed by atoms with van der Waals surface area (Å²) in [5.41, 5.74) is 8.34. The van der Waals surface area contributed by atoms with Crippen molar-refractivity contribution in [2.45, 2.75) is 33.1 Å². The van der Waals surface area contributed by atoms with E-state index in [0.29, 0.717) is 21.6 Å². The average molecular weight is 289 g/mol. The second-order valence-corrected chi connectivity index (χ2v) is 5.88. The SMILES string of the molecule is CCC(C)c1ccc(NC(=O)c2sc(N)nc2C)cc1. The molecule has 0 spiro atoms. The molecule has 1 amide bonds. The number of nitrogens with two attached hydrogens (primary N) is 1. The Bertz CT molecular complexity index is 604. The van der Waals surface area contributed by atoms with Gasteiger partial charge in [-0.05, 0) is 37.0 Å². The van der Waals surface area contributed by atoms with E-state index in [-0.39, 0.29) is 5.91 Å². The number of nitrogens with zero attached hydrogens (tertiary/aromatic N) is 1. The number of nitrogens with one attached hydrogen (secondary N) is 1. The molecule has 4 nitrogen and oxygen atoms in total. The highest BCUT2D eigenvalue weighted by Gasteiger charge is 2.14. The third-order valence-corrected chi connectivity index (χ3v) is 4.35. The van der Waals surface area contributed by atoms with Gasteiger partial charge in [0.15, 0.2) is 5.13 Å². The number of nitrogen functional groups attached to an aromatic ring is 1. The number of hydrogen-bond donors (Lipinski definition) is 2. The molecule has 1 heterocycles. The maximum atomic E-state index is 12.1. The fraction of sp³-hybridized carbons (Fsp3) is 0.333. The molecule has 1 aromatic heterocycles. The van der Waals surface area contributed by atoms with Crippen molar-refractivity contribution in [1.29, 1.82) is 0 Å². The molecule has 0 aliphatic carbocycles. The van der Waals surface area contributed by atoms with E-state index in [0.717, 1.165) is 12.1 Å². The molecule has 0 fully saturated rings. The van der Waals surface area contributed by atoms with Crippen LogP contribution < -0.4 is 11.1 Å². The molecule has 0 radical (unpaired) electrons. The summed E-state index contributed by atoms with van der Waals surface area (Å²) in [6.07, 6.45) is 1.10. The van der Waals surface area contributed by atoms with Gasteiger partial charge in [0.05, 0.1) is 5.69 Å². The fourth-order valence-corrected chi connectivity index (χ4v) is 2.68. The van der Waals surface area contributed by atoms with E-state index in [9.17, 15) is 4.79 Å². The number of carbonyl (C=O) groups excluding carboxylic acids is 1. The van der Waals surface area contributed by atoms with Gasteiger partial charge in [0.1, 0.15) is 4.88 Å². The number of amides is 1. The third kappa shape index (κ3) is 3.17. The summed E-state index contributed by atoms with van der Waals surface area (Å²) >= 11 is 1.21. The minimum absolute atomic E-state index is 0.159. The van der Waals surface area contributed by atoms with E-state index in [2.05, 4.69) is 36.3 Å². The van der Waals surface area contributed by atoms with E-state index in [1.807, 2.05) is 12.1 Å². The fourth-order valence-electron chi connectivity index (χ4n) is 1.95. The Hall–Kier alpha value is -1.88. The number of hydrogen-bond acceptors (Lipinski definition) is 4. The van der Waals surface area contributed by atoms with E-state index in [1.165, 1.54) is 16.9 Å². The van der Waals surface area contributed by atoms with Crippen LogP contribution in [0.25, 0.3) is 0 Å². The first-order valence-electron chi connectivity index (χ1n) is 6.65. The number of benzene rings is 1. The third-order valence-electron chi connectivity index (χ3n) is 3.37. The van der Waals surface area contributed by atoms with Crippen LogP contribution in [0.4, 0.5) is 10.8 Å². The lowest BCUT2D eigenvalue weighted by molar-refractivity contribution is 0.103. The van der Waals surface area contributed by atoms with Crippen molar-refractivity contribution in [2.24, 2.45) is 0 Å². The van der Waals surface area contributed by atoms with Crippen LogP contribution in [0.2, 0.25) is 0 Å². The summed E-state index contributed by atoms with van der Waals surface area (Å²) in [7, 11) is 0. The maximum absolute atomic E-state index is 12.1. The molecule has 0 saturated heterocycles. The molecule has 20 heavy (non-hydrogen) atoms. The molecule has 1 aromatic carbocycles. The molecule has 0 saturated carbocycles. The average Bonchev–Trinajstić information content (AvgIpc) is 2.78. The van der Waals surface area contributed by atoms with E-state index < -0.39 is 0 Å². The van der Waals surface area contributed by atoms with Crippen LogP contribution >= 0.6 is 11.3 Å². The Morgan fingerprint density at radius 1 is 1.40 bits per heavy atom. The zero-order valence-corrected chi connectivity index (χ0v) is 12.8. The number of rotatable bonds is 4. The van der Waals surface area contributed by atoms with Gasteiger partial charge in [-0.25, -0.2) is 4.98 Å². The van der Waals surface area contributed by atoms with Crippen LogP contribution in [-0.2, 0) is 0 Å². The van der Waals surface area contributed by atoms with Crippen LogP contribution in [0.3, 0.4) is 0 Å². The minimum Gasteiger partial charge on any atom is -0.375 e. The summed E-state index contributed by atoms with van der Waals surface area (Å²) in [4.78, 5) is 16.7. The first kappa shape index (κ1) is 14.5. The molecule has 0 aliphatic rings. The topological polar surface area (TPSA) is 68.0 Å². The van der Waals surface area contributed by atoms with E-state index >= 15 is 0 Å². The molecule has 2 aromatic rings. The van der Waals surface area contributed by atoms with Crippen molar-refractivity contribution in [2.75, 3.05) is 11.1 Å². The zero-order valence-electron chi connectivity index (χ0n) is 11.9. The molecule has 1 atom stereocenters. The Labute approximate surface area is 123 Å². The lowest BCUT2D eigenvalue weighted by atomic mass is 9.99. The predicted octanol–water partition coefficient (Wildman–Crippen LogP) is 3.80. The molecule has 0 aliphatic heterocycles. The number of carbonyl (C=O) groups is 1. The van der Waals surface area contributed by atoms with Gasteiger partial charge in [0.2, 0.25) is 0 Å². The number of thiazole rings is 1.